The Labute approximate surface area is 258 Å². The Morgan fingerprint density at radius 3 is 2.29 bits per heavy atom. The Morgan fingerprint density at radius 2 is 1.69 bits per heavy atom. The van der Waals surface area contributed by atoms with Gasteiger partial charge in [-0.25, -0.2) is 13.9 Å². The number of amides is 2. The van der Waals surface area contributed by atoms with Crippen LogP contribution in [-0.4, -0.2) is 90.5 Å². The number of fused-ring (bicyclic) bond motifs is 1. The van der Waals surface area contributed by atoms with Gasteiger partial charge in [0.15, 0.2) is 11.2 Å². The summed E-state index contributed by atoms with van der Waals surface area (Å²) in [4.78, 5) is 34.9. The number of imidazole rings is 1. The molecule has 0 spiro atoms. The van der Waals surface area contributed by atoms with Gasteiger partial charge in [-0.1, -0.05) is 0 Å². The molecule has 2 saturated heterocycles. The van der Waals surface area contributed by atoms with Gasteiger partial charge in [-0.3, -0.25) is 9.59 Å². The fourth-order valence-electron chi connectivity index (χ4n) is 7.10. The van der Waals surface area contributed by atoms with Crippen molar-refractivity contribution in [3.05, 3.63) is 53.6 Å². The number of hydrogen-bond donors (Lipinski definition) is 1. The van der Waals surface area contributed by atoms with Crippen molar-refractivity contribution in [2.75, 3.05) is 19.6 Å². The Bertz CT molecular complexity index is 1610. The lowest BCUT2D eigenvalue weighted by molar-refractivity contribution is -0.297. The number of carbonyl (C=O) groups excluding carboxylic acids is 2. The van der Waals surface area contributed by atoms with Crippen molar-refractivity contribution >= 4 is 17.5 Å². The van der Waals surface area contributed by atoms with Gasteiger partial charge in [0.2, 0.25) is 5.91 Å². The van der Waals surface area contributed by atoms with Crippen LogP contribution >= 0.6 is 0 Å². The number of halogens is 4. The van der Waals surface area contributed by atoms with E-state index in [1.807, 2.05) is 19.9 Å². The third-order valence-corrected chi connectivity index (χ3v) is 9.45. The average Bonchev–Trinajstić information content (AvgIpc) is 3.37. The van der Waals surface area contributed by atoms with Crippen LogP contribution in [0.2, 0.25) is 0 Å². The highest BCUT2D eigenvalue weighted by molar-refractivity contribution is 5.94. The fraction of sp³-hybridized carbons (Fsp3) is 0.562. The van der Waals surface area contributed by atoms with Crippen LogP contribution in [0.1, 0.15) is 75.3 Å². The van der Waals surface area contributed by atoms with Crippen LogP contribution in [0.5, 0.6) is 0 Å². The number of benzene rings is 1. The quantitative estimate of drug-likeness (QED) is 0.408. The summed E-state index contributed by atoms with van der Waals surface area (Å²) in [5.41, 5.74) is -0.697. The van der Waals surface area contributed by atoms with Gasteiger partial charge < -0.3 is 19.6 Å². The molecule has 2 aromatic heterocycles. The first-order valence-corrected chi connectivity index (χ1v) is 15.3. The molecular formula is C32H37F4N5O4. The molecule has 0 unspecified atom stereocenters. The van der Waals surface area contributed by atoms with Crippen molar-refractivity contribution in [3.63, 3.8) is 0 Å². The molecule has 1 aliphatic carbocycles. The maximum absolute atomic E-state index is 13.9. The summed E-state index contributed by atoms with van der Waals surface area (Å²) in [7, 11) is 0. The van der Waals surface area contributed by atoms with Crippen LogP contribution in [-0.2, 0) is 9.53 Å². The summed E-state index contributed by atoms with van der Waals surface area (Å²) < 4.78 is 60.5. The van der Waals surface area contributed by atoms with E-state index in [0.29, 0.717) is 11.3 Å². The number of carbonyl (C=O) groups is 2. The summed E-state index contributed by atoms with van der Waals surface area (Å²) >= 11 is 0. The summed E-state index contributed by atoms with van der Waals surface area (Å²) in [5, 5.41) is 14.5. The molecule has 1 N–H and O–H groups in total. The lowest BCUT2D eigenvalue weighted by Crippen LogP contribution is -2.65. The standard InChI is InChI=1S/C32H37F4N5O4/c1-18-11-21(12-19(2)45-18)24-13-25(20-5-7-23(33)8-6-20)38-41-16-26(37-27(24)41)29(43)40-10-9-39(17-30(40,3)4)28(42)22-14-31(44,15-22)32(34,35)36/h5-8,13,16,18-19,21-22,44H,9-12,14-15,17H2,1-4H3/t18-,19+,21+,22-,31+. The van der Waals surface area contributed by atoms with Crippen LogP contribution in [0.3, 0.4) is 0 Å². The zero-order valence-corrected chi connectivity index (χ0v) is 25.6. The molecule has 45 heavy (non-hydrogen) atoms. The zero-order valence-electron chi connectivity index (χ0n) is 25.6. The molecule has 1 aromatic carbocycles. The molecule has 3 atom stereocenters. The van der Waals surface area contributed by atoms with E-state index in [1.165, 1.54) is 17.0 Å². The second-order valence-corrected chi connectivity index (χ2v) is 13.5. The van der Waals surface area contributed by atoms with E-state index in [0.717, 1.165) is 24.0 Å². The van der Waals surface area contributed by atoms with Gasteiger partial charge in [-0.05, 0) is 89.6 Å². The predicted molar refractivity (Wildman–Crippen MR) is 156 cm³/mol. The van der Waals surface area contributed by atoms with Gasteiger partial charge in [-0.2, -0.15) is 18.3 Å². The molecular weight excluding hydrogens is 594 g/mol. The number of aliphatic hydroxyl groups is 1. The first-order valence-electron chi connectivity index (χ1n) is 15.3. The maximum Gasteiger partial charge on any atom is 0.417 e. The third kappa shape index (κ3) is 5.80. The van der Waals surface area contributed by atoms with E-state index >= 15 is 0 Å². The number of alkyl halides is 3. The lowest BCUT2D eigenvalue weighted by atomic mass is 9.69. The molecule has 2 amide bonds. The first kappa shape index (κ1) is 31.4. The number of rotatable bonds is 4. The summed E-state index contributed by atoms with van der Waals surface area (Å²) in [6.07, 6.45) is -2.94. The summed E-state index contributed by atoms with van der Waals surface area (Å²) in [6, 6.07) is 8.00. The minimum absolute atomic E-state index is 0.0271. The van der Waals surface area contributed by atoms with Crippen LogP contribution in [0.15, 0.2) is 36.5 Å². The minimum atomic E-state index is -4.78. The van der Waals surface area contributed by atoms with Gasteiger partial charge in [0, 0.05) is 36.7 Å². The van der Waals surface area contributed by atoms with E-state index in [2.05, 4.69) is 0 Å². The second-order valence-electron chi connectivity index (χ2n) is 13.5. The molecule has 4 heterocycles. The average molecular weight is 632 g/mol. The smallest absolute Gasteiger partial charge is 0.380 e. The molecule has 6 rings (SSSR count). The minimum Gasteiger partial charge on any atom is -0.380 e. The van der Waals surface area contributed by atoms with E-state index in [9.17, 15) is 32.3 Å². The van der Waals surface area contributed by atoms with E-state index in [-0.39, 0.29) is 55.2 Å². The highest BCUT2D eigenvalue weighted by Crippen LogP contribution is 2.49. The van der Waals surface area contributed by atoms with Crippen molar-refractivity contribution < 1.29 is 37.0 Å². The summed E-state index contributed by atoms with van der Waals surface area (Å²) in [5.74, 6) is -1.98. The molecule has 9 nitrogen and oxygen atoms in total. The SMILES string of the molecule is C[C@@H]1C[C@H](c2cc(-c3ccc(F)cc3)nn3cc(C(=O)N4CCN(C(=O)[C@H]5C[C@](O)(C(F)(F)F)C5)CC4(C)C)nc23)C[C@H](C)O1. The zero-order chi connectivity index (χ0) is 32.5. The fourth-order valence-corrected chi connectivity index (χ4v) is 7.10. The van der Waals surface area contributed by atoms with Crippen molar-refractivity contribution in [3.8, 4) is 11.3 Å². The topological polar surface area (TPSA) is 100 Å². The van der Waals surface area contributed by atoms with Gasteiger partial charge in [-0.15, -0.1) is 0 Å². The normalized spacial score (nSPS) is 28.6. The molecule has 3 aliphatic rings. The lowest BCUT2D eigenvalue weighted by Gasteiger charge is -2.50. The molecule has 1 saturated carbocycles. The molecule has 3 aromatic rings. The number of piperazine rings is 1. The van der Waals surface area contributed by atoms with E-state index in [4.69, 9.17) is 14.8 Å². The van der Waals surface area contributed by atoms with Gasteiger partial charge in [0.25, 0.3) is 5.91 Å². The van der Waals surface area contributed by atoms with Gasteiger partial charge >= 0.3 is 6.18 Å². The van der Waals surface area contributed by atoms with Crippen molar-refractivity contribution in [1.29, 1.82) is 0 Å². The molecule has 2 aliphatic heterocycles. The maximum atomic E-state index is 13.9. The largest absolute Gasteiger partial charge is 0.417 e. The van der Waals surface area contributed by atoms with Gasteiger partial charge in [0.05, 0.1) is 29.6 Å². The number of ether oxygens (including phenoxy) is 1. The first-order chi connectivity index (χ1) is 21.0. The van der Waals surface area contributed by atoms with Crippen molar-refractivity contribution in [2.45, 2.75) is 88.8 Å². The molecule has 242 valence electrons. The molecule has 0 radical (unpaired) electrons. The molecule has 3 fully saturated rings. The van der Waals surface area contributed by atoms with Crippen LogP contribution < -0.4 is 0 Å². The number of hydrogen-bond acceptors (Lipinski definition) is 6. The Hall–Kier alpha value is -3.58. The Balaban J connectivity index is 1.26. The van der Waals surface area contributed by atoms with E-state index in [1.54, 1.807) is 41.6 Å². The van der Waals surface area contributed by atoms with E-state index < -0.39 is 42.0 Å². The highest BCUT2D eigenvalue weighted by atomic mass is 19.4. The van der Waals surface area contributed by atoms with Crippen LogP contribution in [0.4, 0.5) is 17.6 Å². The molecule has 0 bridgehead atoms. The Kier molecular flexibility index (Phi) is 7.71. The van der Waals surface area contributed by atoms with Crippen molar-refractivity contribution in [2.24, 2.45) is 5.92 Å². The van der Waals surface area contributed by atoms with Crippen LogP contribution in [0, 0.1) is 11.7 Å². The number of nitrogens with zero attached hydrogens (tertiary/aromatic N) is 5. The van der Waals surface area contributed by atoms with Gasteiger partial charge in [0.1, 0.15) is 11.5 Å². The Morgan fingerprint density at radius 1 is 1.04 bits per heavy atom. The number of aromatic nitrogens is 3. The predicted octanol–water partition coefficient (Wildman–Crippen LogP) is 4.97. The van der Waals surface area contributed by atoms with Crippen molar-refractivity contribution in [1.82, 2.24) is 24.4 Å². The summed E-state index contributed by atoms with van der Waals surface area (Å²) in [6.45, 7) is 8.09. The van der Waals surface area contributed by atoms with Crippen LogP contribution in [0.25, 0.3) is 16.9 Å². The highest BCUT2D eigenvalue weighted by Gasteiger charge is 2.63. The monoisotopic (exact) mass is 631 g/mol. The third-order valence-electron chi connectivity index (χ3n) is 9.45. The molecule has 13 heteroatoms. The second kappa shape index (κ2) is 11.0.